The fourth-order valence-electron chi connectivity index (χ4n) is 5.69. The number of nitrogens with one attached hydrogen (secondary N) is 1. The van der Waals surface area contributed by atoms with Crippen molar-refractivity contribution < 1.29 is 14.3 Å². The molecule has 0 spiro atoms. The lowest BCUT2D eigenvalue weighted by atomic mass is 9.77. The Balaban J connectivity index is 1.56. The zero-order valence-electron chi connectivity index (χ0n) is 21.0. The Hall–Kier alpha value is -3.35. The Morgan fingerprint density at radius 1 is 1.14 bits per heavy atom. The van der Waals surface area contributed by atoms with E-state index in [0.717, 1.165) is 29.4 Å². The van der Waals surface area contributed by atoms with E-state index in [0.29, 0.717) is 30.0 Å². The van der Waals surface area contributed by atoms with Crippen LogP contribution in [0, 0.1) is 11.8 Å². The largest absolute Gasteiger partial charge is 0.496 e. The van der Waals surface area contributed by atoms with Crippen LogP contribution in [0.3, 0.4) is 0 Å². The van der Waals surface area contributed by atoms with Gasteiger partial charge in [0, 0.05) is 11.6 Å². The lowest BCUT2D eigenvalue weighted by Gasteiger charge is -2.45. The van der Waals surface area contributed by atoms with E-state index in [1.807, 2.05) is 60.0 Å². The first-order chi connectivity index (χ1) is 16.8. The molecule has 1 aromatic heterocycles. The maximum atomic E-state index is 14.0. The van der Waals surface area contributed by atoms with Crippen LogP contribution < -0.4 is 10.1 Å². The topological polar surface area (TPSA) is 76.5 Å². The second-order valence-corrected chi connectivity index (χ2v) is 10.3. The molecule has 7 heteroatoms. The van der Waals surface area contributed by atoms with Gasteiger partial charge in [0.15, 0.2) is 5.82 Å². The van der Waals surface area contributed by atoms with Gasteiger partial charge >= 0.3 is 0 Å². The molecular weight excluding hydrogens is 440 g/mol. The average molecular weight is 475 g/mol. The first kappa shape index (κ1) is 23.4. The molecule has 1 aliphatic carbocycles. The van der Waals surface area contributed by atoms with E-state index in [-0.39, 0.29) is 24.4 Å². The summed E-state index contributed by atoms with van der Waals surface area (Å²) >= 11 is 0. The summed E-state index contributed by atoms with van der Waals surface area (Å²) < 4.78 is 7.46. The summed E-state index contributed by atoms with van der Waals surface area (Å²) in [6, 6.07) is 15.4. The predicted molar refractivity (Wildman–Crippen MR) is 135 cm³/mol. The van der Waals surface area contributed by atoms with Crippen LogP contribution in [0.15, 0.2) is 48.5 Å². The van der Waals surface area contributed by atoms with Gasteiger partial charge < -0.3 is 19.5 Å². The lowest BCUT2D eigenvalue weighted by molar-refractivity contribution is -0.134. The van der Waals surface area contributed by atoms with E-state index in [1.54, 1.807) is 12.0 Å². The zero-order valence-corrected chi connectivity index (χ0v) is 21.0. The standard InChI is InChI=1S/C28H34N4O3/c1-18-10-9-13-21(19(18)2)30-27(34)28(3)17-31-23-14-7-6-12-22(23)29-25(31)26(33)32(28)16-20-11-5-8-15-24(20)35-4/h5-8,11-12,14-15,18-19,21H,9-10,13,16-17H2,1-4H3,(H,30,34)/t18-,19+,21-,28-/m1/s1. The Morgan fingerprint density at radius 2 is 1.89 bits per heavy atom. The van der Waals surface area contributed by atoms with Gasteiger partial charge in [-0.3, -0.25) is 9.59 Å². The monoisotopic (exact) mass is 474 g/mol. The van der Waals surface area contributed by atoms with Crippen molar-refractivity contribution in [2.24, 2.45) is 11.8 Å². The number of benzene rings is 2. The number of amides is 2. The van der Waals surface area contributed by atoms with Crippen LogP contribution in [0.1, 0.15) is 56.2 Å². The van der Waals surface area contributed by atoms with Crippen LogP contribution in [0.2, 0.25) is 0 Å². The number of imidazole rings is 1. The maximum absolute atomic E-state index is 14.0. The summed E-state index contributed by atoms with van der Waals surface area (Å²) in [5.41, 5.74) is 1.39. The minimum absolute atomic E-state index is 0.104. The van der Waals surface area contributed by atoms with Gasteiger partial charge in [-0.05, 0) is 43.4 Å². The van der Waals surface area contributed by atoms with E-state index in [2.05, 4.69) is 24.1 Å². The minimum atomic E-state index is -1.09. The van der Waals surface area contributed by atoms with Crippen molar-refractivity contribution in [3.8, 4) is 5.75 Å². The number of methoxy groups -OCH3 is 1. The third-order valence-corrected chi connectivity index (χ3v) is 8.19. The summed E-state index contributed by atoms with van der Waals surface area (Å²) in [5.74, 6) is 1.64. The van der Waals surface area contributed by atoms with Gasteiger partial charge in [-0.25, -0.2) is 4.98 Å². The lowest BCUT2D eigenvalue weighted by Crippen LogP contribution is -2.65. The number of carbonyl (C=O) groups excluding carboxylic acids is 2. The maximum Gasteiger partial charge on any atom is 0.291 e. The van der Waals surface area contributed by atoms with Crippen molar-refractivity contribution in [1.29, 1.82) is 0 Å². The summed E-state index contributed by atoms with van der Waals surface area (Å²) in [7, 11) is 1.62. The van der Waals surface area contributed by atoms with Crippen LogP contribution in [-0.4, -0.2) is 45.0 Å². The van der Waals surface area contributed by atoms with Crippen LogP contribution in [-0.2, 0) is 17.9 Å². The van der Waals surface area contributed by atoms with Crippen molar-refractivity contribution in [2.45, 2.75) is 64.7 Å². The highest BCUT2D eigenvalue weighted by molar-refractivity contribution is 6.01. The second-order valence-electron chi connectivity index (χ2n) is 10.3. The molecule has 1 saturated carbocycles. The Labute approximate surface area is 206 Å². The highest BCUT2D eigenvalue weighted by Gasteiger charge is 2.49. The number of nitrogens with zero attached hydrogens (tertiary/aromatic N) is 3. The number of para-hydroxylation sites is 3. The third-order valence-electron chi connectivity index (χ3n) is 8.19. The molecule has 5 rings (SSSR count). The molecule has 1 fully saturated rings. The highest BCUT2D eigenvalue weighted by Crippen LogP contribution is 2.35. The van der Waals surface area contributed by atoms with Crippen molar-refractivity contribution in [1.82, 2.24) is 19.8 Å². The quantitative estimate of drug-likeness (QED) is 0.595. The van der Waals surface area contributed by atoms with E-state index in [4.69, 9.17) is 4.74 Å². The van der Waals surface area contributed by atoms with Crippen molar-refractivity contribution >= 4 is 22.8 Å². The van der Waals surface area contributed by atoms with Crippen molar-refractivity contribution in [3.63, 3.8) is 0 Å². The molecule has 35 heavy (non-hydrogen) atoms. The molecule has 2 heterocycles. The fourth-order valence-corrected chi connectivity index (χ4v) is 5.69. The molecule has 0 radical (unpaired) electrons. The molecule has 2 amide bonds. The van der Waals surface area contributed by atoms with Gasteiger partial charge in [0.25, 0.3) is 5.91 Å². The molecule has 184 valence electrons. The number of carbonyl (C=O) groups is 2. The van der Waals surface area contributed by atoms with E-state index in [9.17, 15) is 9.59 Å². The number of hydrogen-bond donors (Lipinski definition) is 1. The van der Waals surface area contributed by atoms with Gasteiger partial charge in [0.1, 0.15) is 11.3 Å². The summed E-state index contributed by atoms with van der Waals surface area (Å²) in [6.07, 6.45) is 3.26. The molecule has 1 N–H and O–H groups in total. The molecule has 4 atom stereocenters. The van der Waals surface area contributed by atoms with Gasteiger partial charge in [-0.1, -0.05) is 57.0 Å². The molecule has 0 unspecified atom stereocenters. The Morgan fingerprint density at radius 3 is 2.69 bits per heavy atom. The first-order valence-electron chi connectivity index (χ1n) is 12.5. The molecule has 0 bridgehead atoms. The fraction of sp³-hybridized carbons (Fsp3) is 0.464. The predicted octanol–water partition coefficient (Wildman–Crippen LogP) is 4.40. The summed E-state index contributed by atoms with van der Waals surface area (Å²) in [4.78, 5) is 34.3. The minimum Gasteiger partial charge on any atom is -0.496 e. The van der Waals surface area contributed by atoms with Gasteiger partial charge in [0.05, 0.1) is 31.2 Å². The molecule has 2 aliphatic rings. The first-order valence-corrected chi connectivity index (χ1v) is 12.5. The summed E-state index contributed by atoms with van der Waals surface area (Å²) in [5, 5.41) is 3.35. The third kappa shape index (κ3) is 3.97. The number of rotatable bonds is 5. The number of fused-ring (bicyclic) bond motifs is 3. The Kier molecular flexibility index (Phi) is 6.03. The molecule has 7 nitrogen and oxygen atoms in total. The van der Waals surface area contributed by atoms with E-state index >= 15 is 0 Å². The SMILES string of the molecule is COc1ccccc1CN1C(=O)c2nc3ccccc3n2C[C@]1(C)C(=O)N[C@@H]1CCC[C@@H](C)[C@@H]1C. The zero-order chi connectivity index (χ0) is 24.7. The van der Waals surface area contributed by atoms with Gasteiger partial charge in [-0.15, -0.1) is 0 Å². The van der Waals surface area contributed by atoms with Crippen molar-refractivity contribution in [3.05, 3.63) is 59.9 Å². The number of aromatic nitrogens is 2. The molecular formula is C28H34N4O3. The normalized spacial score (nSPS) is 26.5. The van der Waals surface area contributed by atoms with Gasteiger partial charge in [-0.2, -0.15) is 0 Å². The average Bonchev–Trinajstić information content (AvgIpc) is 3.23. The smallest absolute Gasteiger partial charge is 0.291 e. The molecule has 2 aromatic carbocycles. The highest BCUT2D eigenvalue weighted by atomic mass is 16.5. The Bertz CT molecular complexity index is 1270. The number of hydrogen-bond acceptors (Lipinski definition) is 4. The van der Waals surface area contributed by atoms with Crippen LogP contribution in [0.25, 0.3) is 11.0 Å². The van der Waals surface area contributed by atoms with Gasteiger partial charge in [0.2, 0.25) is 5.91 Å². The van der Waals surface area contributed by atoms with Crippen LogP contribution in [0.5, 0.6) is 5.75 Å². The van der Waals surface area contributed by atoms with Crippen LogP contribution >= 0.6 is 0 Å². The van der Waals surface area contributed by atoms with Crippen molar-refractivity contribution in [2.75, 3.05) is 7.11 Å². The van der Waals surface area contributed by atoms with E-state index in [1.165, 1.54) is 6.42 Å². The molecule has 3 aromatic rings. The van der Waals surface area contributed by atoms with E-state index < -0.39 is 5.54 Å². The second kappa shape index (κ2) is 9.02. The molecule has 0 saturated heterocycles. The molecule has 1 aliphatic heterocycles. The number of ether oxygens (including phenoxy) is 1. The summed E-state index contributed by atoms with van der Waals surface area (Å²) in [6.45, 7) is 6.95. The van der Waals surface area contributed by atoms with Crippen LogP contribution in [0.4, 0.5) is 0 Å².